The number of imide groups is 1. The van der Waals surface area contributed by atoms with Gasteiger partial charge in [0.25, 0.3) is 5.24 Å². The summed E-state index contributed by atoms with van der Waals surface area (Å²) in [5, 5.41) is 2.91. The van der Waals surface area contributed by atoms with Crippen molar-refractivity contribution in [1.29, 1.82) is 0 Å². The lowest BCUT2D eigenvalue weighted by Crippen LogP contribution is -2.37. The third-order valence-corrected chi connectivity index (χ3v) is 3.52. The number of thioether (sulfide) groups is 1. The first-order valence-corrected chi connectivity index (χ1v) is 7.21. The molecular formula is C12H16N4O2S. The minimum atomic E-state index is -0.203. The standard InChI is InChI=1S/C12H16N4O2S/c1-2-4-13-10-7-14-9(6-15-10)8-16-11(17)3-5-19-12(16)18/h6-7H,2-5,8H2,1H3,(H,13,15). The minimum Gasteiger partial charge on any atom is -0.369 e. The summed E-state index contributed by atoms with van der Waals surface area (Å²) in [4.78, 5) is 32.9. The Morgan fingerprint density at radius 2 is 2.21 bits per heavy atom. The fourth-order valence-corrected chi connectivity index (χ4v) is 2.41. The van der Waals surface area contributed by atoms with Crippen LogP contribution in [-0.4, -0.2) is 38.3 Å². The number of amides is 2. The molecule has 2 amide bonds. The molecule has 0 unspecified atom stereocenters. The highest BCUT2D eigenvalue weighted by molar-refractivity contribution is 8.13. The Balaban J connectivity index is 1.98. The molecule has 2 rings (SSSR count). The lowest BCUT2D eigenvalue weighted by molar-refractivity contribution is -0.128. The van der Waals surface area contributed by atoms with Gasteiger partial charge in [0.15, 0.2) is 0 Å². The zero-order valence-corrected chi connectivity index (χ0v) is 11.6. The second-order valence-electron chi connectivity index (χ2n) is 4.16. The molecule has 0 atom stereocenters. The molecular weight excluding hydrogens is 264 g/mol. The van der Waals surface area contributed by atoms with Crippen molar-refractivity contribution in [2.24, 2.45) is 0 Å². The summed E-state index contributed by atoms with van der Waals surface area (Å²) in [6, 6.07) is 0. The van der Waals surface area contributed by atoms with E-state index in [-0.39, 0.29) is 17.7 Å². The molecule has 0 bridgehead atoms. The normalized spacial score (nSPS) is 15.7. The summed E-state index contributed by atoms with van der Waals surface area (Å²) >= 11 is 1.17. The first kappa shape index (κ1) is 13.8. The monoisotopic (exact) mass is 280 g/mol. The first-order chi connectivity index (χ1) is 9.20. The van der Waals surface area contributed by atoms with Crippen molar-refractivity contribution in [3.8, 4) is 0 Å². The van der Waals surface area contributed by atoms with Gasteiger partial charge in [-0.05, 0) is 6.42 Å². The van der Waals surface area contributed by atoms with Crippen molar-refractivity contribution < 1.29 is 9.59 Å². The van der Waals surface area contributed by atoms with Gasteiger partial charge in [-0.15, -0.1) is 0 Å². The summed E-state index contributed by atoms with van der Waals surface area (Å²) in [6.45, 7) is 3.11. The quantitative estimate of drug-likeness (QED) is 0.887. The number of nitrogens with one attached hydrogen (secondary N) is 1. The van der Waals surface area contributed by atoms with Crippen LogP contribution in [0.15, 0.2) is 12.4 Å². The number of carbonyl (C=O) groups excluding carboxylic acids is 2. The zero-order valence-electron chi connectivity index (χ0n) is 10.8. The van der Waals surface area contributed by atoms with E-state index in [0.717, 1.165) is 13.0 Å². The number of carbonyl (C=O) groups is 2. The number of aromatic nitrogens is 2. The number of anilines is 1. The molecule has 1 aromatic rings. The molecule has 1 saturated heterocycles. The Bertz CT molecular complexity index is 447. The lowest BCUT2D eigenvalue weighted by atomic mass is 10.3. The van der Waals surface area contributed by atoms with E-state index in [1.165, 1.54) is 16.7 Å². The summed E-state index contributed by atoms with van der Waals surface area (Å²) in [5.74, 6) is 1.13. The Morgan fingerprint density at radius 1 is 1.37 bits per heavy atom. The Morgan fingerprint density at radius 3 is 2.84 bits per heavy atom. The van der Waals surface area contributed by atoms with Gasteiger partial charge < -0.3 is 5.32 Å². The van der Waals surface area contributed by atoms with Gasteiger partial charge >= 0.3 is 0 Å². The predicted octanol–water partition coefficient (Wildman–Crippen LogP) is 1.88. The van der Waals surface area contributed by atoms with E-state index in [4.69, 9.17) is 0 Å². The number of rotatable bonds is 5. The van der Waals surface area contributed by atoms with E-state index in [1.54, 1.807) is 12.4 Å². The van der Waals surface area contributed by atoms with E-state index in [0.29, 0.717) is 23.7 Å². The average Bonchev–Trinajstić information content (AvgIpc) is 2.42. The van der Waals surface area contributed by atoms with Crippen molar-refractivity contribution in [1.82, 2.24) is 14.9 Å². The van der Waals surface area contributed by atoms with Crippen molar-refractivity contribution in [3.63, 3.8) is 0 Å². The van der Waals surface area contributed by atoms with Crippen LogP contribution in [0.5, 0.6) is 0 Å². The van der Waals surface area contributed by atoms with Crippen molar-refractivity contribution in [3.05, 3.63) is 18.1 Å². The van der Waals surface area contributed by atoms with Gasteiger partial charge in [-0.25, -0.2) is 4.98 Å². The van der Waals surface area contributed by atoms with Crippen molar-refractivity contribution >= 4 is 28.7 Å². The highest BCUT2D eigenvalue weighted by atomic mass is 32.2. The Labute approximate surface area is 116 Å². The molecule has 0 spiro atoms. The highest BCUT2D eigenvalue weighted by Crippen LogP contribution is 2.20. The molecule has 1 aliphatic heterocycles. The molecule has 102 valence electrons. The van der Waals surface area contributed by atoms with Gasteiger partial charge in [0, 0.05) is 18.7 Å². The molecule has 1 aliphatic rings. The van der Waals surface area contributed by atoms with Gasteiger partial charge in [0.1, 0.15) is 5.82 Å². The van der Waals surface area contributed by atoms with Gasteiger partial charge in [0.2, 0.25) is 5.91 Å². The van der Waals surface area contributed by atoms with Crippen LogP contribution >= 0.6 is 11.8 Å². The molecule has 19 heavy (non-hydrogen) atoms. The molecule has 0 radical (unpaired) electrons. The highest BCUT2D eigenvalue weighted by Gasteiger charge is 2.26. The predicted molar refractivity (Wildman–Crippen MR) is 73.8 cm³/mol. The molecule has 1 fully saturated rings. The molecule has 1 aromatic heterocycles. The summed E-state index contributed by atoms with van der Waals surface area (Å²) in [6.07, 6.45) is 4.63. The van der Waals surface area contributed by atoms with Crippen LogP contribution in [-0.2, 0) is 11.3 Å². The number of nitrogens with zero attached hydrogens (tertiary/aromatic N) is 3. The van der Waals surface area contributed by atoms with Gasteiger partial charge in [-0.1, -0.05) is 18.7 Å². The van der Waals surface area contributed by atoms with Crippen LogP contribution in [0.25, 0.3) is 0 Å². The number of hydrogen-bond donors (Lipinski definition) is 1. The van der Waals surface area contributed by atoms with Gasteiger partial charge in [0.05, 0.1) is 24.6 Å². The average molecular weight is 280 g/mol. The Kier molecular flexibility index (Phi) is 4.73. The SMILES string of the molecule is CCCNc1cnc(CN2C(=O)CCSC2=O)cn1. The molecule has 1 N–H and O–H groups in total. The van der Waals surface area contributed by atoms with Crippen LogP contribution in [0.1, 0.15) is 25.5 Å². The topological polar surface area (TPSA) is 75.2 Å². The largest absolute Gasteiger partial charge is 0.369 e. The molecule has 2 heterocycles. The van der Waals surface area contributed by atoms with E-state index in [2.05, 4.69) is 22.2 Å². The Hall–Kier alpha value is -1.63. The molecule has 0 aliphatic carbocycles. The van der Waals surface area contributed by atoms with Crippen molar-refractivity contribution in [2.75, 3.05) is 17.6 Å². The molecule has 0 saturated carbocycles. The maximum atomic E-state index is 11.6. The second kappa shape index (κ2) is 6.51. The van der Waals surface area contributed by atoms with Crippen LogP contribution < -0.4 is 5.32 Å². The fraction of sp³-hybridized carbons (Fsp3) is 0.500. The van der Waals surface area contributed by atoms with Crippen molar-refractivity contribution in [2.45, 2.75) is 26.3 Å². The summed E-state index contributed by atoms with van der Waals surface area (Å²) in [7, 11) is 0. The van der Waals surface area contributed by atoms with Crippen LogP contribution in [0.2, 0.25) is 0 Å². The van der Waals surface area contributed by atoms with E-state index < -0.39 is 0 Å². The maximum absolute atomic E-state index is 11.6. The fourth-order valence-electron chi connectivity index (χ4n) is 1.64. The lowest BCUT2D eigenvalue weighted by Gasteiger charge is -2.23. The second-order valence-corrected chi connectivity index (χ2v) is 5.21. The smallest absolute Gasteiger partial charge is 0.288 e. The van der Waals surface area contributed by atoms with Crippen LogP contribution in [0.3, 0.4) is 0 Å². The van der Waals surface area contributed by atoms with Gasteiger partial charge in [-0.2, -0.15) is 0 Å². The maximum Gasteiger partial charge on any atom is 0.288 e. The van der Waals surface area contributed by atoms with E-state index >= 15 is 0 Å². The zero-order chi connectivity index (χ0) is 13.7. The minimum absolute atomic E-state index is 0.140. The van der Waals surface area contributed by atoms with Crippen LogP contribution in [0, 0.1) is 0 Å². The molecule has 6 nitrogen and oxygen atoms in total. The first-order valence-electron chi connectivity index (χ1n) is 6.22. The van der Waals surface area contributed by atoms with E-state index in [9.17, 15) is 9.59 Å². The van der Waals surface area contributed by atoms with Gasteiger partial charge in [-0.3, -0.25) is 19.5 Å². The third kappa shape index (κ3) is 3.66. The molecule has 7 heteroatoms. The summed E-state index contributed by atoms with van der Waals surface area (Å²) in [5.41, 5.74) is 0.617. The molecule has 0 aromatic carbocycles. The third-order valence-electron chi connectivity index (χ3n) is 2.64. The summed E-state index contributed by atoms with van der Waals surface area (Å²) < 4.78 is 0. The number of hydrogen-bond acceptors (Lipinski definition) is 6. The van der Waals surface area contributed by atoms with E-state index in [1.807, 2.05) is 0 Å². The van der Waals surface area contributed by atoms with Crippen LogP contribution in [0.4, 0.5) is 10.6 Å².